The van der Waals surface area contributed by atoms with E-state index < -0.39 is 23.4 Å². The summed E-state index contributed by atoms with van der Waals surface area (Å²) in [6.45, 7) is 2.19. The first-order valence-electron chi connectivity index (χ1n) is 9.07. The lowest BCUT2D eigenvalue weighted by Gasteiger charge is -2.22. The minimum absolute atomic E-state index is 0.336. The fourth-order valence-electron chi connectivity index (χ4n) is 3.22. The first-order valence-corrected chi connectivity index (χ1v) is 9.07. The molecule has 0 bridgehead atoms. The minimum Gasteiger partial charge on any atom is -0.318 e. The third-order valence-electron chi connectivity index (χ3n) is 4.88. The molecular formula is C21H19N5O3. The zero-order valence-corrected chi connectivity index (χ0v) is 15.7. The highest BCUT2D eigenvalue weighted by atomic mass is 16.2. The SMILES string of the molecule is CC1(c2ccccc2)NC(=O)N(NC(=O)c2ccc(Cn3cccn3)cc2)C1=O. The van der Waals surface area contributed by atoms with Crippen molar-refractivity contribution in [1.82, 2.24) is 25.5 Å². The van der Waals surface area contributed by atoms with Gasteiger partial charge in [0.05, 0.1) is 6.54 Å². The number of hydrazine groups is 1. The maximum atomic E-state index is 12.9. The Morgan fingerprint density at radius 2 is 1.79 bits per heavy atom. The molecule has 3 aromatic rings. The van der Waals surface area contributed by atoms with Gasteiger partial charge in [-0.1, -0.05) is 42.5 Å². The Bertz CT molecular complexity index is 1050. The van der Waals surface area contributed by atoms with Crippen LogP contribution in [0.1, 0.15) is 28.4 Å². The molecule has 2 N–H and O–H groups in total. The second kappa shape index (κ2) is 7.23. The third kappa shape index (κ3) is 3.47. The van der Waals surface area contributed by atoms with Crippen LogP contribution in [0.15, 0.2) is 73.1 Å². The molecule has 2 heterocycles. The number of carbonyl (C=O) groups excluding carboxylic acids is 3. The van der Waals surface area contributed by atoms with Crippen LogP contribution < -0.4 is 10.7 Å². The van der Waals surface area contributed by atoms with Crippen molar-refractivity contribution < 1.29 is 14.4 Å². The molecule has 1 aliphatic heterocycles. The van der Waals surface area contributed by atoms with Crippen LogP contribution in [0.4, 0.5) is 4.79 Å². The van der Waals surface area contributed by atoms with E-state index in [1.807, 2.05) is 18.3 Å². The largest absolute Gasteiger partial charge is 0.344 e. The molecule has 146 valence electrons. The smallest absolute Gasteiger partial charge is 0.318 e. The summed E-state index contributed by atoms with van der Waals surface area (Å²) in [5.41, 5.74) is 3.11. The second-order valence-electron chi connectivity index (χ2n) is 6.90. The van der Waals surface area contributed by atoms with Crippen LogP contribution in [-0.4, -0.2) is 32.6 Å². The standard InChI is InChI=1S/C21H19N5O3/c1-21(17-6-3-2-4-7-17)19(28)26(20(29)23-21)24-18(27)16-10-8-15(9-11-16)14-25-13-5-12-22-25/h2-13H,14H2,1H3,(H,23,29)(H,24,27). The molecule has 8 heteroatoms. The van der Waals surface area contributed by atoms with Crippen molar-refractivity contribution in [3.63, 3.8) is 0 Å². The normalized spacial score (nSPS) is 18.6. The second-order valence-corrected chi connectivity index (χ2v) is 6.90. The minimum atomic E-state index is -1.24. The predicted molar refractivity (Wildman–Crippen MR) is 104 cm³/mol. The van der Waals surface area contributed by atoms with Gasteiger partial charge in [-0.05, 0) is 36.2 Å². The van der Waals surface area contributed by atoms with E-state index in [4.69, 9.17) is 0 Å². The van der Waals surface area contributed by atoms with E-state index in [0.29, 0.717) is 17.7 Å². The molecule has 4 rings (SSSR count). The maximum Gasteiger partial charge on any atom is 0.344 e. The Hall–Kier alpha value is -3.94. The van der Waals surface area contributed by atoms with E-state index in [-0.39, 0.29) is 0 Å². The van der Waals surface area contributed by atoms with Crippen molar-refractivity contribution in [3.8, 4) is 0 Å². The number of benzene rings is 2. The summed E-state index contributed by atoms with van der Waals surface area (Å²) in [6.07, 6.45) is 3.55. The van der Waals surface area contributed by atoms with Gasteiger partial charge in [-0.15, -0.1) is 0 Å². The van der Waals surface area contributed by atoms with Crippen LogP contribution in [0, 0.1) is 0 Å². The van der Waals surface area contributed by atoms with Crippen LogP contribution >= 0.6 is 0 Å². The van der Waals surface area contributed by atoms with Crippen molar-refractivity contribution in [1.29, 1.82) is 0 Å². The van der Waals surface area contributed by atoms with Crippen LogP contribution in [0.3, 0.4) is 0 Å². The number of nitrogens with one attached hydrogen (secondary N) is 2. The summed E-state index contributed by atoms with van der Waals surface area (Å²) in [5, 5.41) is 7.52. The van der Waals surface area contributed by atoms with E-state index in [1.165, 1.54) is 0 Å². The van der Waals surface area contributed by atoms with Crippen LogP contribution in [0.5, 0.6) is 0 Å². The molecule has 8 nitrogen and oxygen atoms in total. The summed E-state index contributed by atoms with van der Waals surface area (Å²) in [4.78, 5) is 37.8. The van der Waals surface area contributed by atoms with E-state index in [1.54, 1.807) is 66.3 Å². The van der Waals surface area contributed by atoms with E-state index in [9.17, 15) is 14.4 Å². The highest BCUT2D eigenvalue weighted by molar-refractivity contribution is 6.09. The molecule has 29 heavy (non-hydrogen) atoms. The molecule has 1 unspecified atom stereocenters. The van der Waals surface area contributed by atoms with Crippen LogP contribution in [0.2, 0.25) is 0 Å². The lowest BCUT2D eigenvalue weighted by molar-refractivity contribution is -0.132. The van der Waals surface area contributed by atoms with Gasteiger partial charge in [0.15, 0.2) is 0 Å². The highest BCUT2D eigenvalue weighted by Crippen LogP contribution is 2.27. The Morgan fingerprint density at radius 1 is 1.07 bits per heavy atom. The lowest BCUT2D eigenvalue weighted by atomic mass is 9.92. The van der Waals surface area contributed by atoms with Crippen LogP contribution in [0.25, 0.3) is 0 Å². The summed E-state index contributed by atoms with van der Waals surface area (Å²) in [6, 6.07) is 16.9. The number of rotatable bonds is 5. The average Bonchev–Trinajstić information content (AvgIpc) is 3.32. The number of nitrogens with zero attached hydrogens (tertiary/aromatic N) is 3. The highest BCUT2D eigenvalue weighted by Gasteiger charge is 2.50. The monoisotopic (exact) mass is 389 g/mol. The molecule has 1 aliphatic rings. The van der Waals surface area contributed by atoms with Gasteiger partial charge >= 0.3 is 6.03 Å². The van der Waals surface area contributed by atoms with E-state index in [0.717, 1.165) is 10.6 Å². The summed E-state index contributed by atoms with van der Waals surface area (Å²) in [5.74, 6) is -1.09. The van der Waals surface area contributed by atoms with Gasteiger partial charge < -0.3 is 5.32 Å². The molecule has 0 spiro atoms. The third-order valence-corrected chi connectivity index (χ3v) is 4.88. The summed E-state index contributed by atoms with van der Waals surface area (Å²) >= 11 is 0. The van der Waals surface area contributed by atoms with Crippen molar-refractivity contribution in [2.45, 2.75) is 19.0 Å². The van der Waals surface area contributed by atoms with Crippen LogP contribution in [-0.2, 0) is 16.9 Å². The molecular weight excluding hydrogens is 370 g/mol. The Balaban J connectivity index is 1.47. The van der Waals surface area contributed by atoms with E-state index >= 15 is 0 Å². The number of hydrogen-bond acceptors (Lipinski definition) is 4. The quantitative estimate of drug-likeness (QED) is 0.653. The Morgan fingerprint density at radius 3 is 2.45 bits per heavy atom. The van der Waals surface area contributed by atoms with Gasteiger partial charge in [0.25, 0.3) is 11.8 Å². The molecule has 1 saturated heterocycles. The molecule has 1 fully saturated rings. The molecule has 0 saturated carbocycles. The number of urea groups is 1. The molecule has 1 aromatic heterocycles. The van der Waals surface area contributed by atoms with Crippen molar-refractivity contribution in [3.05, 3.63) is 89.7 Å². The van der Waals surface area contributed by atoms with Gasteiger partial charge in [-0.2, -0.15) is 10.1 Å². The summed E-state index contributed by atoms with van der Waals surface area (Å²) < 4.78 is 1.77. The number of aromatic nitrogens is 2. The number of carbonyl (C=O) groups is 3. The molecule has 4 amide bonds. The van der Waals surface area contributed by atoms with Gasteiger partial charge in [0.2, 0.25) is 0 Å². The molecule has 2 aromatic carbocycles. The topological polar surface area (TPSA) is 96.3 Å². The fourth-order valence-corrected chi connectivity index (χ4v) is 3.22. The van der Waals surface area contributed by atoms with Gasteiger partial charge in [-0.3, -0.25) is 19.7 Å². The molecule has 1 atom stereocenters. The molecule has 0 radical (unpaired) electrons. The average molecular weight is 389 g/mol. The Labute approximate surface area is 167 Å². The first kappa shape index (κ1) is 18.4. The lowest BCUT2D eigenvalue weighted by Crippen LogP contribution is -2.47. The summed E-state index contributed by atoms with van der Waals surface area (Å²) in [7, 11) is 0. The molecule has 0 aliphatic carbocycles. The zero-order valence-electron chi connectivity index (χ0n) is 15.7. The van der Waals surface area contributed by atoms with Crippen molar-refractivity contribution in [2.75, 3.05) is 0 Å². The van der Waals surface area contributed by atoms with Crippen molar-refractivity contribution >= 4 is 17.8 Å². The van der Waals surface area contributed by atoms with Gasteiger partial charge in [0, 0.05) is 18.0 Å². The first-order chi connectivity index (χ1) is 14.0. The predicted octanol–water partition coefficient (Wildman–Crippen LogP) is 2.04. The van der Waals surface area contributed by atoms with Crippen molar-refractivity contribution in [2.24, 2.45) is 0 Å². The maximum absolute atomic E-state index is 12.9. The fraction of sp³-hybridized carbons (Fsp3) is 0.143. The van der Waals surface area contributed by atoms with Gasteiger partial charge in [-0.25, -0.2) is 4.79 Å². The number of hydrogen-bond donors (Lipinski definition) is 2. The zero-order chi connectivity index (χ0) is 20.4. The number of imide groups is 1. The van der Waals surface area contributed by atoms with Gasteiger partial charge in [0.1, 0.15) is 5.54 Å². The Kier molecular flexibility index (Phi) is 4.59. The number of amides is 4. The van der Waals surface area contributed by atoms with E-state index in [2.05, 4.69) is 15.8 Å².